The zero-order chi connectivity index (χ0) is 23.0. The average molecular weight is 444 g/mol. The Kier molecular flexibility index (Phi) is 6.89. The first kappa shape index (κ1) is 21.9. The number of azo groups is 1. The number of hydrogen-bond acceptors (Lipinski definition) is 9. The van der Waals surface area contributed by atoms with E-state index in [4.69, 9.17) is 5.73 Å². The Morgan fingerprint density at radius 1 is 1.06 bits per heavy atom. The first-order chi connectivity index (χ1) is 16.1. The predicted molar refractivity (Wildman–Crippen MR) is 129 cm³/mol. The van der Waals surface area contributed by atoms with Crippen LogP contribution in [0, 0.1) is 4.91 Å². The van der Waals surface area contributed by atoms with Gasteiger partial charge in [0, 0.05) is 30.2 Å². The van der Waals surface area contributed by atoms with Gasteiger partial charge in [0.1, 0.15) is 17.1 Å². The first-order valence-electron chi connectivity index (χ1n) is 10.7. The lowest BCUT2D eigenvalue weighted by molar-refractivity contribution is 0.476. The Morgan fingerprint density at radius 3 is 2.61 bits per heavy atom. The molecule has 2 heterocycles. The summed E-state index contributed by atoms with van der Waals surface area (Å²) in [7, 11) is 0. The SMILES string of the molecule is Nc1cc(/N=N/c2ccc(N(CC3=CCCCN3)Cc3ccccn3)cc2)c(O)cc1N=O. The van der Waals surface area contributed by atoms with E-state index >= 15 is 0 Å². The summed E-state index contributed by atoms with van der Waals surface area (Å²) in [6.45, 7) is 2.41. The fraction of sp³-hybridized carbons (Fsp3) is 0.208. The highest BCUT2D eigenvalue weighted by Gasteiger charge is 2.13. The molecule has 0 radical (unpaired) electrons. The number of phenols is 1. The van der Waals surface area contributed by atoms with Crippen LogP contribution in [0.4, 0.5) is 28.4 Å². The number of phenolic OH excluding ortho intramolecular Hbond substituents is 1. The van der Waals surface area contributed by atoms with Crippen LogP contribution < -0.4 is 16.0 Å². The largest absolute Gasteiger partial charge is 0.506 e. The van der Waals surface area contributed by atoms with Gasteiger partial charge in [0.2, 0.25) is 0 Å². The van der Waals surface area contributed by atoms with Gasteiger partial charge in [-0.25, -0.2) is 0 Å². The van der Waals surface area contributed by atoms with Crippen LogP contribution in [0.25, 0.3) is 0 Å². The lowest BCUT2D eigenvalue weighted by Crippen LogP contribution is -2.32. The van der Waals surface area contributed by atoms with Gasteiger partial charge in [-0.1, -0.05) is 12.1 Å². The van der Waals surface area contributed by atoms with Crippen molar-refractivity contribution >= 4 is 28.4 Å². The summed E-state index contributed by atoms with van der Waals surface area (Å²) in [5, 5.41) is 24.5. The molecule has 0 atom stereocenters. The van der Waals surface area contributed by atoms with Crippen molar-refractivity contribution in [1.29, 1.82) is 0 Å². The molecule has 9 nitrogen and oxygen atoms in total. The number of allylic oxidation sites excluding steroid dienone is 1. The maximum atomic E-state index is 10.7. The van der Waals surface area contributed by atoms with E-state index in [9.17, 15) is 10.0 Å². The van der Waals surface area contributed by atoms with Crippen molar-refractivity contribution in [1.82, 2.24) is 10.3 Å². The molecule has 9 heteroatoms. The lowest BCUT2D eigenvalue weighted by Gasteiger charge is -2.28. The molecule has 0 fully saturated rings. The van der Waals surface area contributed by atoms with Gasteiger partial charge < -0.3 is 21.1 Å². The number of pyridine rings is 1. The molecule has 4 N–H and O–H groups in total. The fourth-order valence-electron chi connectivity index (χ4n) is 3.53. The molecule has 2 aromatic carbocycles. The molecule has 0 saturated heterocycles. The number of nitrogen functional groups attached to an aromatic ring is 1. The van der Waals surface area contributed by atoms with Crippen molar-refractivity contribution in [2.75, 3.05) is 23.7 Å². The number of aromatic nitrogens is 1. The maximum absolute atomic E-state index is 10.7. The van der Waals surface area contributed by atoms with Gasteiger partial charge in [-0.05, 0) is 60.5 Å². The monoisotopic (exact) mass is 443 g/mol. The lowest BCUT2D eigenvalue weighted by atomic mass is 10.1. The van der Waals surface area contributed by atoms with E-state index in [-0.39, 0.29) is 22.8 Å². The van der Waals surface area contributed by atoms with Crippen LogP contribution in [0.3, 0.4) is 0 Å². The number of nitrogens with two attached hydrogens (primary N) is 1. The summed E-state index contributed by atoms with van der Waals surface area (Å²) in [6.07, 6.45) is 6.29. The quantitative estimate of drug-likeness (QED) is 0.184. The highest BCUT2D eigenvalue weighted by atomic mass is 16.3. The van der Waals surface area contributed by atoms with Crippen LogP contribution in [0.5, 0.6) is 5.75 Å². The third kappa shape index (κ3) is 5.70. The van der Waals surface area contributed by atoms with E-state index in [1.807, 2.05) is 42.5 Å². The molecule has 3 aromatic rings. The summed E-state index contributed by atoms with van der Waals surface area (Å²) < 4.78 is 0. The normalized spacial score (nSPS) is 13.4. The second-order valence-electron chi connectivity index (χ2n) is 7.68. The number of nitroso groups, excluding NO2 is 1. The number of anilines is 2. The van der Waals surface area contributed by atoms with E-state index in [0.29, 0.717) is 12.2 Å². The van der Waals surface area contributed by atoms with Gasteiger partial charge in [-0.15, -0.1) is 10.0 Å². The van der Waals surface area contributed by atoms with E-state index in [0.717, 1.165) is 37.3 Å². The smallest absolute Gasteiger partial charge is 0.145 e. The molecule has 0 bridgehead atoms. The van der Waals surface area contributed by atoms with E-state index < -0.39 is 0 Å². The zero-order valence-electron chi connectivity index (χ0n) is 18.1. The predicted octanol–water partition coefficient (Wildman–Crippen LogP) is 5.46. The topological polar surface area (TPSA) is 129 Å². The van der Waals surface area contributed by atoms with Gasteiger partial charge in [0.25, 0.3) is 0 Å². The molecule has 0 saturated carbocycles. The van der Waals surface area contributed by atoms with Crippen molar-refractivity contribution in [2.24, 2.45) is 15.4 Å². The van der Waals surface area contributed by atoms with Crippen molar-refractivity contribution in [3.63, 3.8) is 0 Å². The number of rotatable bonds is 8. The summed E-state index contributed by atoms with van der Waals surface area (Å²) >= 11 is 0. The van der Waals surface area contributed by atoms with E-state index in [1.54, 1.807) is 6.20 Å². The van der Waals surface area contributed by atoms with Crippen LogP contribution in [0.1, 0.15) is 18.5 Å². The Hall–Kier alpha value is -4.27. The number of benzene rings is 2. The van der Waals surface area contributed by atoms with Gasteiger partial charge in [0.05, 0.1) is 30.2 Å². The molecule has 0 aliphatic carbocycles. The van der Waals surface area contributed by atoms with Gasteiger partial charge in [-0.2, -0.15) is 5.11 Å². The Balaban J connectivity index is 1.53. The molecule has 168 valence electrons. The zero-order valence-corrected chi connectivity index (χ0v) is 18.1. The van der Waals surface area contributed by atoms with Crippen LogP contribution in [0.15, 0.2) is 88.0 Å². The summed E-state index contributed by atoms with van der Waals surface area (Å²) in [5.41, 5.74) is 9.83. The van der Waals surface area contributed by atoms with Crippen LogP contribution >= 0.6 is 0 Å². The third-order valence-electron chi connectivity index (χ3n) is 5.27. The van der Waals surface area contributed by atoms with Gasteiger partial charge in [0.15, 0.2) is 0 Å². The second-order valence-corrected chi connectivity index (χ2v) is 7.68. The number of hydrogen-bond donors (Lipinski definition) is 3. The van der Waals surface area contributed by atoms with Crippen LogP contribution in [-0.2, 0) is 6.54 Å². The molecule has 1 aliphatic rings. The summed E-state index contributed by atoms with van der Waals surface area (Å²) in [6, 6.07) is 16.1. The van der Waals surface area contributed by atoms with E-state index in [1.165, 1.54) is 17.8 Å². The Labute approximate surface area is 191 Å². The highest BCUT2D eigenvalue weighted by molar-refractivity contribution is 5.72. The molecule has 33 heavy (non-hydrogen) atoms. The minimum Gasteiger partial charge on any atom is -0.506 e. The fourth-order valence-corrected chi connectivity index (χ4v) is 3.53. The van der Waals surface area contributed by atoms with E-state index in [2.05, 4.69) is 36.7 Å². The molecule has 4 rings (SSSR count). The first-order valence-corrected chi connectivity index (χ1v) is 10.7. The molecule has 1 aliphatic heterocycles. The summed E-state index contributed by atoms with van der Waals surface area (Å²) in [4.78, 5) is 17.4. The van der Waals surface area contributed by atoms with Crippen molar-refractivity contribution in [3.05, 3.63) is 83.2 Å². The molecular formula is C24H25N7O2. The minimum atomic E-state index is -0.214. The third-order valence-corrected chi connectivity index (χ3v) is 5.27. The maximum Gasteiger partial charge on any atom is 0.145 e. The molecule has 0 unspecified atom stereocenters. The number of nitrogens with one attached hydrogen (secondary N) is 1. The average Bonchev–Trinajstić information content (AvgIpc) is 2.85. The molecule has 1 aromatic heterocycles. The second kappa shape index (κ2) is 10.4. The standard InChI is InChI=1S/C24H25N7O2/c25-21-13-23(24(32)14-22(21)30-33)29-28-17-7-9-20(10-8-17)31(15-18-5-1-3-11-26-18)16-19-6-2-4-12-27-19/h1,3,5-11,13-14,27,32H,2,4,12,15-16,25H2/b29-28+. The minimum absolute atomic E-state index is 0.0358. The van der Waals surface area contributed by atoms with Crippen molar-refractivity contribution in [3.8, 4) is 5.75 Å². The summed E-state index contributed by atoms with van der Waals surface area (Å²) in [5.74, 6) is -0.214. The highest BCUT2D eigenvalue weighted by Crippen LogP contribution is 2.36. The molecule has 0 amide bonds. The van der Waals surface area contributed by atoms with Crippen LogP contribution in [0.2, 0.25) is 0 Å². The van der Waals surface area contributed by atoms with Gasteiger partial charge in [-0.3, -0.25) is 4.98 Å². The number of aromatic hydroxyl groups is 1. The number of nitrogens with zero attached hydrogens (tertiary/aromatic N) is 5. The Morgan fingerprint density at radius 2 is 1.91 bits per heavy atom. The molecular weight excluding hydrogens is 418 g/mol. The molecule has 0 spiro atoms. The Bertz CT molecular complexity index is 1160. The van der Waals surface area contributed by atoms with Crippen molar-refractivity contribution < 1.29 is 5.11 Å². The van der Waals surface area contributed by atoms with Crippen LogP contribution in [-0.4, -0.2) is 23.2 Å². The van der Waals surface area contributed by atoms with Gasteiger partial charge >= 0.3 is 0 Å². The van der Waals surface area contributed by atoms with Crippen molar-refractivity contribution in [2.45, 2.75) is 19.4 Å².